The lowest BCUT2D eigenvalue weighted by Gasteiger charge is -2.22. The molecule has 0 amide bonds. The van der Waals surface area contributed by atoms with Crippen molar-refractivity contribution >= 4 is 5.97 Å². The van der Waals surface area contributed by atoms with E-state index < -0.39 is 11.9 Å². The molecule has 5 heteroatoms. The van der Waals surface area contributed by atoms with Gasteiger partial charge in [0.15, 0.2) is 17.7 Å². The Bertz CT molecular complexity index is 590. The molecule has 118 valence electrons. The van der Waals surface area contributed by atoms with Crippen molar-refractivity contribution in [1.29, 1.82) is 0 Å². The molecule has 1 aromatic carbocycles. The summed E-state index contributed by atoms with van der Waals surface area (Å²) in [5, 5.41) is 0. The number of hydrogen-bond donors (Lipinski definition) is 0. The zero-order valence-electron chi connectivity index (χ0n) is 13.0. The fraction of sp³-hybridized carbons (Fsp3) is 0.471. The van der Waals surface area contributed by atoms with Gasteiger partial charge in [-0.3, -0.25) is 0 Å². The lowest BCUT2D eigenvalue weighted by molar-refractivity contribution is -0.163. The molecular formula is C17H20O5. The van der Waals surface area contributed by atoms with Gasteiger partial charge in [0, 0.05) is 0 Å². The molecule has 1 saturated heterocycles. The zero-order chi connectivity index (χ0) is 15.7. The maximum atomic E-state index is 11.9. The van der Waals surface area contributed by atoms with Crippen molar-refractivity contribution in [3.8, 4) is 0 Å². The van der Waals surface area contributed by atoms with E-state index in [2.05, 4.69) is 0 Å². The highest BCUT2D eigenvalue weighted by molar-refractivity contribution is 5.91. The maximum absolute atomic E-state index is 11.9. The van der Waals surface area contributed by atoms with E-state index in [9.17, 15) is 4.79 Å². The van der Waals surface area contributed by atoms with E-state index in [-0.39, 0.29) is 12.1 Å². The van der Waals surface area contributed by atoms with Gasteiger partial charge in [0.2, 0.25) is 0 Å². The summed E-state index contributed by atoms with van der Waals surface area (Å²) in [7, 11) is 0. The first-order valence-corrected chi connectivity index (χ1v) is 7.36. The SMILES string of the molecule is CC1=C(OCc2ccccc2)[C@@H]([C@@H]2COC(C)(C)O2)OC1=O. The van der Waals surface area contributed by atoms with Crippen LogP contribution in [0.15, 0.2) is 41.7 Å². The number of ether oxygens (including phenoxy) is 4. The van der Waals surface area contributed by atoms with Gasteiger partial charge < -0.3 is 18.9 Å². The second-order valence-corrected chi connectivity index (χ2v) is 5.96. The van der Waals surface area contributed by atoms with Crippen LogP contribution in [0.1, 0.15) is 26.3 Å². The Morgan fingerprint density at radius 1 is 1.27 bits per heavy atom. The summed E-state index contributed by atoms with van der Waals surface area (Å²) in [6.07, 6.45) is -0.889. The van der Waals surface area contributed by atoms with Gasteiger partial charge in [0.1, 0.15) is 12.7 Å². The lowest BCUT2D eigenvalue weighted by atomic mass is 10.1. The third-order valence-corrected chi connectivity index (χ3v) is 3.77. The topological polar surface area (TPSA) is 54.0 Å². The first-order chi connectivity index (χ1) is 10.5. The third-order valence-electron chi connectivity index (χ3n) is 3.77. The van der Waals surface area contributed by atoms with Crippen molar-refractivity contribution in [2.75, 3.05) is 6.61 Å². The van der Waals surface area contributed by atoms with Gasteiger partial charge in [0.05, 0.1) is 12.2 Å². The molecule has 0 N–H and O–H groups in total. The van der Waals surface area contributed by atoms with Gasteiger partial charge in [-0.05, 0) is 26.3 Å². The average Bonchev–Trinajstić information content (AvgIpc) is 2.99. The molecule has 0 aromatic heterocycles. The Balaban J connectivity index is 1.73. The molecule has 0 aliphatic carbocycles. The standard InChI is InChI=1S/C17H20O5/c1-11-14(19-9-12-7-5-4-6-8-12)15(21-16(11)18)13-10-20-17(2,3)22-13/h4-8,13,15H,9-10H2,1-3H3/t13-,15+/m0/s1. The van der Waals surface area contributed by atoms with Crippen LogP contribution in [0.4, 0.5) is 0 Å². The summed E-state index contributed by atoms with van der Waals surface area (Å²) >= 11 is 0. The van der Waals surface area contributed by atoms with E-state index in [1.54, 1.807) is 6.92 Å². The van der Waals surface area contributed by atoms with Crippen LogP contribution in [0.5, 0.6) is 0 Å². The van der Waals surface area contributed by atoms with E-state index in [0.29, 0.717) is 24.5 Å². The molecule has 0 saturated carbocycles. The number of cyclic esters (lactones) is 1. The molecule has 1 fully saturated rings. The van der Waals surface area contributed by atoms with Gasteiger partial charge >= 0.3 is 5.97 Å². The summed E-state index contributed by atoms with van der Waals surface area (Å²) < 4.78 is 22.6. The predicted octanol–water partition coefficient (Wildman–Crippen LogP) is 2.55. The average molecular weight is 304 g/mol. The summed E-state index contributed by atoms with van der Waals surface area (Å²) in [5.41, 5.74) is 1.53. The second-order valence-electron chi connectivity index (χ2n) is 5.96. The van der Waals surface area contributed by atoms with Crippen molar-refractivity contribution in [2.24, 2.45) is 0 Å². The van der Waals surface area contributed by atoms with Crippen LogP contribution in [0.2, 0.25) is 0 Å². The Kier molecular flexibility index (Phi) is 3.93. The van der Waals surface area contributed by atoms with E-state index in [1.165, 1.54) is 0 Å². The van der Waals surface area contributed by atoms with Crippen LogP contribution in [0.3, 0.4) is 0 Å². The van der Waals surface area contributed by atoms with Gasteiger partial charge in [-0.15, -0.1) is 0 Å². The number of rotatable bonds is 4. The minimum Gasteiger partial charge on any atom is -0.489 e. The number of carbonyl (C=O) groups is 1. The summed E-state index contributed by atoms with van der Waals surface area (Å²) in [6, 6.07) is 9.79. The van der Waals surface area contributed by atoms with Crippen LogP contribution >= 0.6 is 0 Å². The first kappa shape index (κ1) is 15.1. The highest BCUT2D eigenvalue weighted by Crippen LogP contribution is 2.33. The molecule has 0 radical (unpaired) electrons. The molecule has 2 atom stereocenters. The zero-order valence-corrected chi connectivity index (χ0v) is 13.0. The molecule has 0 unspecified atom stereocenters. The molecule has 0 bridgehead atoms. The van der Waals surface area contributed by atoms with Crippen molar-refractivity contribution in [1.82, 2.24) is 0 Å². The van der Waals surface area contributed by atoms with Gasteiger partial charge in [-0.2, -0.15) is 0 Å². The Morgan fingerprint density at radius 2 is 2.00 bits per heavy atom. The molecule has 5 nitrogen and oxygen atoms in total. The number of benzene rings is 1. The smallest absolute Gasteiger partial charge is 0.338 e. The lowest BCUT2D eigenvalue weighted by Crippen LogP contribution is -2.33. The summed E-state index contributed by atoms with van der Waals surface area (Å²) in [4.78, 5) is 11.9. The van der Waals surface area contributed by atoms with Crippen LogP contribution in [-0.4, -0.2) is 30.6 Å². The number of carbonyl (C=O) groups excluding carboxylic acids is 1. The Hall–Kier alpha value is -1.85. The number of hydrogen-bond acceptors (Lipinski definition) is 5. The van der Waals surface area contributed by atoms with Crippen molar-refractivity contribution < 1.29 is 23.7 Å². The minimum absolute atomic E-state index is 0.345. The molecule has 3 rings (SSSR count). The van der Waals surface area contributed by atoms with Crippen molar-refractivity contribution in [2.45, 2.75) is 45.4 Å². The molecule has 1 aromatic rings. The largest absolute Gasteiger partial charge is 0.489 e. The highest BCUT2D eigenvalue weighted by Gasteiger charge is 2.45. The molecule has 2 heterocycles. The van der Waals surface area contributed by atoms with Crippen LogP contribution in [-0.2, 0) is 30.3 Å². The fourth-order valence-corrected chi connectivity index (χ4v) is 2.61. The van der Waals surface area contributed by atoms with Crippen LogP contribution in [0.25, 0.3) is 0 Å². The molecule has 2 aliphatic heterocycles. The quantitative estimate of drug-likeness (QED) is 0.800. The Labute approximate surface area is 129 Å². The van der Waals surface area contributed by atoms with E-state index >= 15 is 0 Å². The fourth-order valence-electron chi connectivity index (χ4n) is 2.61. The molecule has 2 aliphatic rings. The molecule has 0 spiro atoms. The Morgan fingerprint density at radius 3 is 2.64 bits per heavy atom. The van der Waals surface area contributed by atoms with Gasteiger partial charge in [-0.1, -0.05) is 30.3 Å². The third kappa shape index (κ3) is 3.00. The van der Waals surface area contributed by atoms with Crippen LogP contribution < -0.4 is 0 Å². The van der Waals surface area contributed by atoms with Gasteiger partial charge in [0.25, 0.3) is 0 Å². The highest BCUT2D eigenvalue weighted by atomic mass is 16.8. The van der Waals surface area contributed by atoms with E-state index in [1.807, 2.05) is 44.2 Å². The first-order valence-electron chi connectivity index (χ1n) is 7.36. The van der Waals surface area contributed by atoms with Gasteiger partial charge in [-0.25, -0.2) is 4.79 Å². The predicted molar refractivity (Wildman–Crippen MR) is 78.7 cm³/mol. The van der Waals surface area contributed by atoms with E-state index in [0.717, 1.165) is 5.56 Å². The van der Waals surface area contributed by atoms with Crippen molar-refractivity contribution in [3.63, 3.8) is 0 Å². The molecule has 22 heavy (non-hydrogen) atoms. The normalized spacial score (nSPS) is 27.1. The molecular weight excluding hydrogens is 284 g/mol. The van der Waals surface area contributed by atoms with Crippen LogP contribution in [0, 0.1) is 0 Å². The summed E-state index contributed by atoms with van der Waals surface area (Å²) in [5.74, 6) is -0.487. The second kappa shape index (κ2) is 5.74. The number of esters is 1. The van der Waals surface area contributed by atoms with E-state index in [4.69, 9.17) is 18.9 Å². The summed E-state index contributed by atoms with van der Waals surface area (Å²) in [6.45, 7) is 6.15. The maximum Gasteiger partial charge on any atom is 0.338 e. The van der Waals surface area contributed by atoms with Crippen molar-refractivity contribution in [3.05, 3.63) is 47.2 Å². The minimum atomic E-state index is -0.669. The monoisotopic (exact) mass is 304 g/mol.